The summed E-state index contributed by atoms with van der Waals surface area (Å²) in [5.41, 5.74) is 4.22. The molecule has 2 amide bonds. The third-order valence-electron chi connectivity index (χ3n) is 3.88. The van der Waals surface area contributed by atoms with E-state index < -0.39 is 29.4 Å². The van der Waals surface area contributed by atoms with Gasteiger partial charge >= 0.3 is 5.97 Å². The Morgan fingerprint density at radius 2 is 1.61 bits per heavy atom. The Hall–Kier alpha value is -4.01. The van der Waals surface area contributed by atoms with Crippen molar-refractivity contribution in [3.63, 3.8) is 0 Å². The Morgan fingerprint density at radius 3 is 2.32 bits per heavy atom. The van der Waals surface area contributed by atoms with Crippen molar-refractivity contribution in [1.29, 1.82) is 0 Å². The number of benzene rings is 2. The van der Waals surface area contributed by atoms with Gasteiger partial charge in [-0.25, -0.2) is 9.89 Å². The van der Waals surface area contributed by atoms with Crippen LogP contribution in [-0.2, 0) is 9.53 Å². The molecule has 3 N–H and O–H groups in total. The Labute approximate surface area is 158 Å². The van der Waals surface area contributed by atoms with Crippen LogP contribution in [0.5, 0.6) is 0 Å². The summed E-state index contributed by atoms with van der Waals surface area (Å²) >= 11 is 0. The molecule has 1 atom stereocenters. The number of rotatable bonds is 4. The molecule has 0 saturated carbocycles. The minimum Gasteiger partial charge on any atom is -0.448 e. The highest BCUT2D eigenvalue weighted by atomic mass is 16.5. The Kier molecular flexibility index (Phi) is 5.45. The van der Waals surface area contributed by atoms with Gasteiger partial charge in [0.1, 0.15) is 0 Å². The van der Waals surface area contributed by atoms with Crippen molar-refractivity contribution < 1.29 is 19.1 Å². The maximum absolute atomic E-state index is 12.4. The molecule has 0 aliphatic carbocycles. The predicted molar refractivity (Wildman–Crippen MR) is 99.3 cm³/mol. The zero-order chi connectivity index (χ0) is 20.1. The molecule has 0 radical (unpaired) electrons. The van der Waals surface area contributed by atoms with Crippen molar-refractivity contribution in [2.75, 3.05) is 0 Å². The van der Waals surface area contributed by atoms with Gasteiger partial charge in [0.2, 0.25) is 0 Å². The summed E-state index contributed by atoms with van der Waals surface area (Å²) in [6, 6.07) is 14.7. The number of aromatic nitrogens is 2. The number of nitrogens with zero attached hydrogens (tertiary/aromatic N) is 1. The van der Waals surface area contributed by atoms with Gasteiger partial charge < -0.3 is 4.74 Å². The number of fused-ring (bicyclic) bond motifs is 1. The zero-order valence-electron chi connectivity index (χ0n) is 14.8. The van der Waals surface area contributed by atoms with Crippen molar-refractivity contribution in [2.24, 2.45) is 0 Å². The second-order valence-electron chi connectivity index (χ2n) is 5.80. The van der Waals surface area contributed by atoms with E-state index in [0.717, 1.165) is 0 Å². The molecule has 1 aromatic heterocycles. The van der Waals surface area contributed by atoms with E-state index in [4.69, 9.17) is 4.74 Å². The van der Waals surface area contributed by atoms with Crippen LogP contribution in [0.1, 0.15) is 27.8 Å². The molecule has 1 heterocycles. The third kappa shape index (κ3) is 4.04. The van der Waals surface area contributed by atoms with Crippen LogP contribution in [0, 0.1) is 0 Å². The minimum atomic E-state index is -1.21. The van der Waals surface area contributed by atoms with Crippen molar-refractivity contribution in [3.8, 4) is 0 Å². The first-order valence-electron chi connectivity index (χ1n) is 8.31. The van der Waals surface area contributed by atoms with E-state index in [1.807, 2.05) is 0 Å². The maximum atomic E-state index is 12.4. The fraction of sp³-hybridized carbons (Fsp3) is 0.105. The molecule has 0 aliphatic rings. The maximum Gasteiger partial charge on any atom is 0.360 e. The molecule has 9 heteroatoms. The van der Waals surface area contributed by atoms with E-state index in [1.54, 1.807) is 54.6 Å². The van der Waals surface area contributed by atoms with Crippen LogP contribution in [-0.4, -0.2) is 34.1 Å². The van der Waals surface area contributed by atoms with Gasteiger partial charge in [-0.2, -0.15) is 5.10 Å². The molecular formula is C19H16N4O5. The van der Waals surface area contributed by atoms with Gasteiger partial charge in [-0.1, -0.05) is 36.4 Å². The molecule has 28 heavy (non-hydrogen) atoms. The number of hydrogen-bond donors (Lipinski definition) is 3. The normalized spacial score (nSPS) is 11.5. The number of carbonyl (C=O) groups excluding carboxylic acids is 3. The summed E-state index contributed by atoms with van der Waals surface area (Å²) in [5.74, 6) is -2.13. The molecule has 0 spiro atoms. The van der Waals surface area contributed by atoms with Crippen LogP contribution in [0.4, 0.5) is 0 Å². The summed E-state index contributed by atoms with van der Waals surface area (Å²) in [6.07, 6.45) is -1.21. The second-order valence-corrected chi connectivity index (χ2v) is 5.80. The van der Waals surface area contributed by atoms with E-state index >= 15 is 0 Å². The number of hydrazine groups is 1. The zero-order valence-corrected chi connectivity index (χ0v) is 14.8. The van der Waals surface area contributed by atoms with Gasteiger partial charge in [-0.3, -0.25) is 25.2 Å². The highest BCUT2D eigenvalue weighted by molar-refractivity contribution is 6.03. The highest BCUT2D eigenvalue weighted by Gasteiger charge is 2.22. The molecule has 9 nitrogen and oxygen atoms in total. The SMILES string of the molecule is C[C@H](OC(=O)c1n[nH]c(=O)c2ccccc12)C(=O)NNC(=O)c1ccccc1. The predicted octanol–water partition coefficient (Wildman–Crippen LogP) is 0.930. The molecule has 0 bridgehead atoms. The summed E-state index contributed by atoms with van der Waals surface area (Å²) in [4.78, 5) is 48.1. The number of carbonyl (C=O) groups is 3. The summed E-state index contributed by atoms with van der Waals surface area (Å²) in [7, 11) is 0. The Bertz CT molecular complexity index is 1090. The van der Waals surface area contributed by atoms with E-state index in [1.165, 1.54) is 6.92 Å². The van der Waals surface area contributed by atoms with Gasteiger partial charge in [-0.05, 0) is 25.1 Å². The molecular weight excluding hydrogens is 364 g/mol. The molecule has 0 saturated heterocycles. The topological polar surface area (TPSA) is 130 Å². The monoisotopic (exact) mass is 380 g/mol. The number of nitrogens with one attached hydrogen (secondary N) is 3. The second kappa shape index (κ2) is 8.12. The third-order valence-corrected chi connectivity index (χ3v) is 3.88. The fourth-order valence-electron chi connectivity index (χ4n) is 2.42. The van der Waals surface area contributed by atoms with Gasteiger partial charge in [0.15, 0.2) is 11.8 Å². The van der Waals surface area contributed by atoms with E-state index in [0.29, 0.717) is 10.9 Å². The van der Waals surface area contributed by atoms with E-state index in [2.05, 4.69) is 21.0 Å². The molecule has 0 fully saturated rings. The van der Waals surface area contributed by atoms with Crippen LogP contribution in [0.3, 0.4) is 0 Å². The van der Waals surface area contributed by atoms with Crippen LogP contribution in [0.2, 0.25) is 0 Å². The summed E-state index contributed by atoms with van der Waals surface area (Å²) in [6.45, 7) is 1.34. The number of aromatic amines is 1. The average Bonchev–Trinajstić information content (AvgIpc) is 2.72. The fourth-order valence-corrected chi connectivity index (χ4v) is 2.42. The number of esters is 1. The first-order valence-corrected chi connectivity index (χ1v) is 8.31. The first-order chi connectivity index (χ1) is 13.5. The van der Waals surface area contributed by atoms with Crippen LogP contribution >= 0.6 is 0 Å². The van der Waals surface area contributed by atoms with Crippen LogP contribution in [0.25, 0.3) is 10.8 Å². The first kappa shape index (κ1) is 18.8. The summed E-state index contributed by atoms with van der Waals surface area (Å²) < 4.78 is 5.10. The highest BCUT2D eigenvalue weighted by Crippen LogP contribution is 2.14. The molecule has 0 aliphatic heterocycles. The van der Waals surface area contributed by atoms with Crippen molar-refractivity contribution in [2.45, 2.75) is 13.0 Å². The largest absolute Gasteiger partial charge is 0.448 e. The van der Waals surface area contributed by atoms with E-state index in [-0.39, 0.29) is 11.1 Å². The average molecular weight is 380 g/mol. The van der Waals surface area contributed by atoms with Gasteiger partial charge in [0.25, 0.3) is 17.4 Å². The Balaban J connectivity index is 1.64. The number of ether oxygens (including phenoxy) is 1. The lowest BCUT2D eigenvalue weighted by atomic mass is 10.1. The minimum absolute atomic E-state index is 0.122. The van der Waals surface area contributed by atoms with E-state index in [9.17, 15) is 19.2 Å². The molecule has 2 aromatic carbocycles. The van der Waals surface area contributed by atoms with Crippen molar-refractivity contribution >= 4 is 28.6 Å². The van der Waals surface area contributed by atoms with Crippen LogP contribution < -0.4 is 16.4 Å². The quantitative estimate of drug-likeness (QED) is 0.456. The molecule has 3 aromatic rings. The lowest BCUT2D eigenvalue weighted by Gasteiger charge is -2.14. The van der Waals surface area contributed by atoms with Gasteiger partial charge in [0, 0.05) is 10.9 Å². The lowest BCUT2D eigenvalue weighted by molar-refractivity contribution is -0.129. The van der Waals surface area contributed by atoms with Crippen LogP contribution in [0.15, 0.2) is 59.4 Å². The number of H-pyrrole nitrogens is 1. The standard InChI is InChI=1S/C19H16N4O5/c1-11(16(24)21-22-17(25)12-7-3-2-4-8-12)28-19(27)15-13-9-5-6-10-14(13)18(26)23-20-15/h2-11H,1H3,(H,21,24)(H,22,25)(H,23,26)/t11-/m0/s1. The number of amides is 2. The molecule has 3 rings (SSSR count). The van der Waals surface area contributed by atoms with Gasteiger partial charge in [-0.15, -0.1) is 0 Å². The summed E-state index contributed by atoms with van der Waals surface area (Å²) in [5, 5.41) is 6.52. The van der Waals surface area contributed by atoms with Crippen molar-refractivity contribution in [3.05, 3.63) is 76.2 Å². The smallest absolute Gasteiger partial charge is 0.360 e. The van der Waals surface area contributed by atoms with Crippen molar-refractivity contribution in [1.82, 2.24) is 21.0 Å². The Morgan fingerprint density at radius 1 is 0.964 bits per heavy atom. The molecule has 142 valence electrons. The molecule has 0 unspecified atom stereocenters. The number of hydrogen-bond acceptors (Lipinski definition) is 6. The van der Waals surface area contributed by atoms with Gasteiger partial charge in [0.05, 0.1) is 5.39 Å². The lowest BCUT2D eigenvalue weighted by Crippen LogP contribution is -2.46.